The number of fused-ring (bicyclic) bond motifs is 1. The van der Waals surface area contributed by atoms with E-state index in [0.29, 0.717) is 6.54 Å². The summed E-state index contributed by atoms with van der Waals surface area (Å²) in [6.45, 7) is 3.46. The highest BCUT2D eigenvalue weighted by molar-refractivity contribution is 5.53. The molecule has 0 aliphatic carbocycles. The molecule has 0 aliphatic heterocycles. The maximum atomic E-state index is 9.61. The summed E-state index contributed by atoms with van der Waals surface area (Å²) < 4.78 is 1.86. The van der Waals surface area contributed by atoms with Crippen molar-refractivity contribution in [3.63, 3.8) is 0 Å². The van der Waals surface area contributed by atoms with E-state index in [1.165, 1.54) is 0 Å². The molecule has 0 aliphatic rings. The van der Waals surface area contributed by atoms with Crippen LogP contribution in [0.2, 0.25) is 0 Å². The molecule has 17 heavy (non-hydrogen) atoms. The molecule has 2 rings (SSSR count). The van der Waals surface area contributed by atoms with E-state index in [1.807, 2.05) is 35.1 Å². The first-order chi connectivity index (χ1) is 8.31. The highest BCUT2D eigenvalue weighted by Crippen LogP contribution is 2.09. The maximum absolute atomic E-state index is 9.61. The first kappa shape index (κ1) is 12.1. The lowest BCUT2D eigenvalue weighted by Gasteiger charge is -2.09. The van der Waals surface area contributed by atoms with Crippen LogP contribution in [0.5, 0.6) is 0 Å². The molecule has 4 heteroatoms. The van der Waals surface area contributed by atoms with Gasteiger partial charge in [-0.1, -0.05) is 19.4 Å². The van der Waals surface area contributed by atoms with Crippen LogP contribution >= 0.6 is 0 Å². The molecular formula is C13H19N3O. The molecule has 0 fully saturated rings. The van der Waals surface area contributed by atoms with E-state index in [-0.39, 0.29) is 6.10 Å². The van der Waals surface area contributed by atoms with Gasteiger partial charge in [-0.2, -0.15) is 5.10 Å². The molecule has 2 aromatic heterocycles. The van der Waals surface area contributed by atoms with Crippen molar-refractivity contribution < 1.29 is 5.11 Å². The van der Waals surface area contributed by atoms with Crippen molar-refractivity contribution in [2.24, 2.45) is 0 Å². The fourth-order valence-corrected chi connectivity index (χ4v) is 1.93. The quantitative estimate of drug-likeness (QED) is 0.796. The van der Waals surface area contributed by atoms with Crippen molar-refractivity contribution in [2.75, 3.05) is 6.54 Å². The monoisotopic (exact) mass is 233 g/mol. The van der Waals surface area contributed by atoms with Gasteiger partial charge in [-0.25, -0.2) is 4.52 Å². The van der Waals surface area contributed by atoms with Crippen molar-refractivity contribution in [2.45, 2.75) is 32.4 Å². The number of aliphatic hydroxyl groups excluding tert-OH is 1. The predicted octanol–water partition coefficient (Wildman–Crippen LogP) is 1.58. The molecule has 92 valence electrons. The molecule has 1 atom stereocenters. The maximum Gasteiger partial charge on any atom is 0.0706 e. The van der Waals surface area contributed by atoms with E-state index >= 15 is 0 Å². The zero-order chi connectivity index (χ0) is 12.1. The van der Waals surface area contributed by atoms with Crippen molar-refractivity contribution in [1.29, 1.82) is 0 Å². The van der Waals surface area contributed by atoms with Gasteiger partial charge < -0.3 is 10.4 Å². The molecule has 0 spiro atoms. The number of nitrogens with one attached hydrogen (secondary N) is 1. The number of hydrogen-bond donors (Lipinski definition) is 2. The Kier molecular flexibility index (Phi) is 4.12. The van der Waals surface area contributed by atoms with Gasteiger partial charge in [0.15, 0.2) is 0 Å². The van der Waals surface area contributed by atoms with Crippen molar-refractivity contribution in [3.05, 3.63) is 36.2 Å². The molecule has 1 unspecified atom stereocenters. The lowest BCUT2D eigenvalue weighted by Crippen LogP contribution is -2.26. The second kappa shape index (κ2) is 5.80. The largest absolute Gasteiger partial charge is 0.392 e. The first-order valence-corrected chi connectivity index (χ1v) is 6.11. The minimum absolute atomic E-state index is 0.248. The van der Waals surface area contributed by atoms with Gasteiger partial charge in [0.1, 0.15) is 0 Å². The van der Waals surface area contributed by atoms with Crippen LogP contribution in [-0.4, -0.2) is 27.4 Å². The second-order valence-electron chi connectivity index (χ2n) is 4.27. The summed E-state index contributed by atoms with van der Waals surface area (Å²) in [5.74, 6) is 0. The van der Waals surface area contributed by atoms with E-state index in [0.717, 1.165) is 30.5 Å². The summed E-state index contributed by atoms with van der Waals surface area (Å²) in [5.41, 5.74) is 2.28. The average Bonchev–Trinajstić information content (AvgIpc) is 2.73. The number of pyridine rings is 1. The number of aromatic nitrogens is 2. The number of aliphatic hydroxyl groups is 1. The van der Waals surface area contributed by atoms with Crippen molar-refractivity contribution in [1.82, 2.24) is 14.9 Å². The third-order valence-corrected chi connectivity index (χ3v) is 2.82. The Morgan fingerprint density at radius 3 is 3.18 bits per heavy atom. The zero-order valence-electron chi connectivity index (χ0n) is 10.1. The fourth-order valence-electron chi connectivity index (χ4n) is 1.93. The molecular weight excluding hydrogens is 214 g/mol. The lowest BCUT2D eigenvalue weighted by molar-refractivity contribution is 0.160. The van der Waals surface area contributed by atoms with Crippen LogP contribution < -0.4 is 5.32 Å². The average molecular weight is 233 g/mol. The van der Waals surface area contributed by atoms with Crippen molar-refractivity contribution >= 4 is 5.52 Å². The summed E-state index contributed by atoms with van der Waals surface area (Å²) in [7, 11) is 0. The summed E-state index contributed by atoms with van der Waals surface area (Å²) in [4.78, 5) is 0. The van der Waals surface area contributed by atoms with Crippen LogP contribution in [0, 0.1) is 0 Å². The predicted molar refractivity (Wildman–Crippen MR) is 67.8 cm³/mol. The summed E-state index contributed by atoms with van der Waals surface area (Å²) >= 11 is 0. The van der Waals surface area contributed by atoms with E-state index in [1.54, 1.807) is 0 Å². The van der Waals surface area contributed by atoms with E-state index in [4.69, 9.17) is 0 Å². The Balaban J connectivity index is 1.91. The second-order valence-corrected chi connectivity index (χ2v) is 4.27. The van der Waals surface area contributed by atoms with Crippen LogP contribution in [0.1, 0.15) is 25.3 Å². The summed E-state index contributed by atoms with van der Waals surface area (Å²) in [6.07, 6.45) is 5.42. The van der Waals surface area contributed by atoms with Crippen LogP contribution in [0.4, 0.5) is 0 Å². The van der Waals surface area contributed by atoms with Crippen LogP contribution in [-0.2, 0) is 6.54 Å². The molecule has 2 heterocycles. The summed E-state index contributed by atoms with van der Waals surface area (Å²) in [6, 6.07) is 6.02. The van der Waals surface area contributed by atoms with Crippen molar-refractivity contribution in [3.8, 4) is 0 Å². The Hall–Kier alpha value is -1.39. The van der Waals surface area contributed by atoms with E-state index in [2.05, 4.69) is 17.3 Å². The lowest BCUT2D eigenvalue weighted by atomic mass is 10.2. The smallest absolute Gasteiger partial charge is 0.0706 e. The third kappa shape index (κ3) is 3.05. The molecule has 0 bridgehead atoms. The minimum atomic E-state index is -0.248. The van der Waals surface area contributed by atoms with Gasteiger partial charge in [-0.3, -0.25) is 0 Å². The molecule has 2 aromatic rings. The Labute approximate surface area is 101 Å². The molecule has 0 aromatic carbocycles. The normalized spacial score (nSPS) is 13.1. The van der Waals surface area contributed by atoms with Crippen LogP contribution in [0.15, 0.2) is 30.6 Å². The molecule has 4 nitrogen and oxygen atoms in total. The van der Waals surface area contributed by atoms with Gasteiger partial charge in [0, 0.05) is 24.8 Å². The van der Waals surface area contributed by atoms with Gasteiger partial charge in [-0.15, -0.1) is 0 Å². The Bertz CT molecular complexity index is 466. The zero-order valence-corrected chi connectivity index (χ0v) is 10.1. The fraction of sp³-hybridized carbons (Fsp3) is 0.462. The first-order valence-electron chi connectivity index (χ1n) is 6.11. The third-order valence-electron chi connectivity index (χ3n) is 2.82. The minimum Gasteiger partial charge on any atom is -0.392 e. The standard InChI is InChI=1S/C13H19N3O/c1-2-5-12(17)10-14-8-11-9-15-16-7-4-3-6-13(11)16/h3-4,6-7,9,12,14,17H,2,5,8,10H2,1H3. The highest BCUT2D eigenvalue weighted by Gasteiger charge is 2.05. The van der Waals surface area contributed by atoms with Crippen LogP contribution in [0.25, 0.3) is 5.52 Å². The van der Waals surface area contributed by atoms with E-state index in [9.17, 15) is 5.11 Å². The van der Waals surface area contributed by atoms with Gasteiger partial charge in [0.2, 0.25) is 0 Å². The van der Waals surface area contributed by atoms with E-state index < -0.39 is 0 Å². The molecule has 0 saturated heterocycles. The Morgan fingerprint density at radius 2 is 2.35 bits per heavy atom. The molecule has 0 amide bonds. The molecule has 0 saturated carbocycles. The SMILES string of the molecule is CCCC(O)CNCc1cnn2ccccc12. The van der Waals surface area contributed by atoms with Gasteiger partial charge in [0.05, 0.1) is 17.8 Å². The van der Waals surface area contributed by atoms with Gasteiger partial charge in [-0.05, 0) is 18.6 Å². The highest BCUT2D eigenvalue weighted by atomic mass is 16.3. The molecule has 0 radical (unpaired) electrons. The van der Waals surface area contributed by atoms with Crippen LogP contribution in [0.3, 0.4) is 0 Å². The number of rotatable bonds is 6. The number of hydrogen-bond acceptors (Lipinski definition) is 3. The summed E-state index contributed by atoms with van der Waals surface area (Å²) in [5, 5.41) is 17.1. The van der Waals surface area contributed by atoms with Gasteiger partial charge in [0.25, 0.3) is 0 Å². The molecule has 2 N–H and O–H groups in total. The van der Waals surface area contributed by atoms with Gasteiger partial charge >= 0.3 is 0 Å². The Morgan fingerprint density at radius 1 is 1.47 bits per heavy atom. The number of nitrogens with zero attached hydrogens (tertiary/aromatic N) is 2. The topological polar surface area (TPSA) is 49.6 Å².